The van der Waals surface area contributed by atoms with Crippen molar-refractivity contribution in [3.8, 4) is 10.0 Å². The first-order chi connectivity index (χ1) is 14.9. The van der Waals surface area contributed by atoms with Crippen LogP contribution in [0.4, 0.5) is 9.80 Å². The molecule has 0 aliphatic rings. The zero-order chi connectivity index (χ0) is 24.1. The average Bonchev–Trinajstić information content (AvgIpc) is 3.34. The number of nitrogens with zero attached hydrogens (tertiary/aromatic N) is 2. The highest BCUT2D eigenvalue weighted by Gasteiger charge is 2.20. The van der Waals surface area contributed by atoms with Gasteiger partial charge < -0.3 is 20.1 Å². The van der Waals surface area contributed by atoms with E-state index in [1.165, 1.54) is 11.6 Å². The summed E-state index contributed by atoms with van der Waals surface area (Å²) in [6.45, 7) is 12.1. The number of hydrogen-bond donors (Lipinski definition) is 3. The monoisotopic (exact) mass is 479 g/mol. The Balaban J connectivity index is 1.98. The molecule has 0 aliphatic heterocycles. The number of methoxy groups -OCH3 is 1. The van der Waals surface area contributed by atoms with E-state index in [1.807, 2.05) is 0 Å². The van der Waals surface area contributed by atoms with Gasteiger partial charge in [0.2, 0.25) is 0 Å². The maximum Gasteiger partial charge on any atom is 0.412 e. The quantitative estimate of drug-likeness (QED) is 0.405. The molecule has 0 saturated heterocycles. The van der Waals surface area contributed by atoms with E-state index in [0.717, 1.165) is 29.8 Å². The number of thiazole rings is 2. The summed E-state index contributed by atoms with van der Waals surface area (Å²) < 4.78 is 9.60. The lowest BCUT2D eigenvalue weighted by Crippen LogP contribution is -2.35. The van der Waals surface area contributed by atoms with Crippen LogP contribution in [-0.2, 0) is 19.1 Å². The van der Waals surface area contributed by atoms with E-state index in [-0.39, 0.29) is 17.1 Å². The number of aromatic nitrogens is 2. The molecule has 0 bridgehead atoms. The SMILES string of the molecule is C=C(NC(=O)c1csc(-c2ncc(NC(=O)OC(C)(C)C)s2)n1)C(=O)NC(=C)C(=O)OC. The van der Waals surface area contributed by atoms with E-state index in [1.54, 1.807) is 20.8 Å². The number of hydrogen-bond acceptors (Lipinski definition) is 10. The van der Waals surface area contributed by atoms with Crippen molar-refractivity contribution in [2.24, 2.45) is 0 Å². The van der Waals surface area contributed by atoms with Crippen LogP contribution >= 0.6 is 22.7 Å². The van der Waals surface area contributed by atoms with Gasteiger partial charge in [0.25, 0.3) is 11.8 Å². The smallest absolute Gasteiger partial charge is 0.412 e. The molecule has 0 unspecified atom stereocenters. The van der Waals surface area contributed by atoms with E-state index >= 15 is 0 Å². The van der Waals surface area contributed by atoms with Crippen molar-refractivity contribution in [1.29, 1.82) is 0 Å². The molecule has 0 fully saturated rings. The Morgan fingerprint density at radius 2 is 1.75 bits per heavy atom. The first-order valence-corrected chi connectivity index (χ1v) is 10.6. The number of esters is 1. The van der Waals surface area contributed by atoms with Crippen molar-refractivity contribution in [1.82, 2.24) is 20.6 Å². The summed E-state index contributed by atoms with van der Waals surface area (Å²) in [7, 11) is 1.13. The molecule has 0 aliphatic carbocycles. The van der Waals surface area contributed by atoms with Crippen molar-refractivity contribution in [3.05, 3.63) is 41.8 Å². The van der Waals surface area contributed by atoms with Gasteiger partial charge in [0.05, 0.1) is 19.0 Å². The topological polar surface area (TPSA) is 149 Å². The summed E-state index contributed by atoms with van der Waals surface area (Å²) in [6.07, 6.45) is 0.837. The zero-order valence-corrected chi connectivity index (χ0v) is 19.4. The van der Waals surface area contributed by atoms with Gasteiger partial charge >= 0.3 is 12.1 Å². The van der Waals surface area contributed by atoms with Gasteiger partial charge in [-0.2, -0.15) is 0 Å². The molecule has 2 heterocycles. The molecule has 2 aromatic rings. The first-order valence-electron chi connectivity index (χ1n) is 8.90. The van der Waals surface area contributed by atoms with Gasteiger partial charge in [-0.15, -0.1) is 11.3 Å². The molecule has 0 radical (unpaired) electrons. The Kier molecular flexibility index (Phi) is 7.83. The Bertz CT molecular complexity index is 1080. The van der Waals surface area contributed by atoms with Crippen LogP contribution in [0.5, 0.6) is 0 Å². The molecule has 0 spiro atoms. The van der Waals surface area contributed by atoms with E-state index < -0.39 is 29.5 Å². The second-order valence-electron chi connectivity index (χ2n) is 7.05. The summed E-state index contributed by atoms with van der Waals surface area (Å²) >= 11 is 2.31. The van der Waals surface area contributed by atoms with E-state index in [4.69, 9.17) is 4.74 Å². The lowest BCUT2D eigenvalue weighted by Gasteiger charge is -2.19. The van der Waals surface area contributed by atoms with Gasteiger partial charge in [0, 0.05) is 5.38 Å². The Morgan fingerprint density at radius 3 is 2.38 bits per heavy atom. The Labute approximate surface area is 191 Å². The fraction of sp³-hybridized carbons (Fsp3) is 0.263. The lowest BCUT2D eigenvalue weighted by atomic mass is 10.2. The van der Waals surface area contributed by atoms with Crippen LogP contribution in [0.3, 0.4) is 0 Å². The standard InChI is InChI=1S/C19H21N5O6S2/c1-9(13(25)22-10(2)17(27)29-6)21-14(26)11-8-31-16(23-11)15-20-7-12(32-15)24-18(28)30-19(3,4)5/h7-8H,1-2H2,3-6H3,(H,21,26)(H,22,25)(H,24,28). The minimum Gasteiger partial charge on any atom is -0.464 e. The number of ether oxygens (including phenoxy) is 2. The Morgan fingerprint density at radius 1 is 1.06 bits per heavy atom. The van der Waals surface area contributed by atoms with Crippen molar-refractivity contribution < 1.29 is 28.7 Å². The van der Waals surface area contributed by atoms with Crippen molar-refractivity contribution in [3.63, 3.8) is 0 Å². The summed E-state index contributed by atoms with van der Waals surface area (Å²) in [5.41, 5.74) is -1.22. The second kappa shape index (κ2) is 10.2. The van der Waals surface area contributed by atoms with E-state index in [0.29, 0.717) is 15.0 Å². The molecule has 0 aromatic carbocycles. The third-order valence-corrected chi connectivity index (χ3v) is 5.18. The molecule has 2 aromatic heterocycles. The molecule has 11 nitrogen and oxygen atoms in total. The highest BCUT2D eigenvalue weighted by molar-refractivity contribution is 7.23. The van der Waals surface area contributed by atoms with Crippen molar-refractivity contribution in [2.45, 2.75) is 26.4 Å². The molecule has 170 valence electrons. The van der Waals surface area contributed by atoms with Crippen LogP contribution in [0.1, 0.15) is 31.3 Å². The van der Waals surface area contributed by atoms with E-state index in [2.05, 4.69) is 43.8 Å². The molecule has 32 heavy (non-hydrogen) atoms. The van der Waals surface area contributed by atoms with Crippen molar-refractivity contribution >= 4 is 51.6 Å². The number of carbonyl (C=O) groups excluding carboxylic acids is 4. The normalized spacial score (nSPS) is 10.6. The summed E-state index contributed by atoms with van der Waals surface area (Å²) in [5.74, 6) is -2.34. The first kappa shape index (κ1) is 24.7. The van der Waals surface area contributed by atoms with Gasteiger partial charge in [0.15, 0.2) is 10.0 Å². The lowest BCUT2D eigenvalue weighted by molar-refractivity contribution is -0.137. The molecule has 0 saturated carbocycles. The molecular formula is C19H21N5O6S2. The van der Waals surface area contributed by atoms with E-state index in [9.17, 15) is 19.2 Å². The molecular weight excluding hydrogens is 458 g/mol. The van der Waals surface area contributed by atoms with Gasteiger partial charge in [-0.25, -0.2) is 19.6 Å². The molecule has 0 atom stereocenters. The summed E-state index contributed by atoms with van der Waals surface area (Å²) in [5, 5.41) is 9.87. The van der Waals surface area contributed by atoms with Crippen LogP contribution in [0.25, 0.3) is 10.0 Å². The highest BCUT2D eigenvalue weighted by Crippen LogP contribution is 2.31. The van der Waals surface area contributed by atoms with Gasteiger partial charge in [0.1, 0.15) is 22.0 Å². The molecule has 3 N–H and O–H groups in total. The second-order valence-corrected chi connectivity index (χ2v) is 8.94. The largest absolute Gasteiger partial charge is 0.464 e. The minimum absolute atomic E-state index is 0.0302. The number of carbonyl (C=O) groups is 4. The third kappa shape index (κ3) is 6.99. The summed E-state index contributed by atoms with van der Waals surface area (Å²) in [6, 6.07) is 0. The third-order valence-electron chi connectivity index (χ3n) is 3.28. The van der Waals surface area contributed by atoms with Gasteiger partial charge in [-0.3, -0.25) is 14.9 Å². The predicted molar refractivity (Wildman–Crippen MR) is 119 cm³/mol. The fourth-order valence-corrected chi connectivity index (χ4v) is 3.60. The molecule has 3 amide bonds. The fourth-order valence-electron chi connectivity index (χ4n) is 1.96. The van der Waals surface area contributed by atoms with Crippen LogP contribution in [-0.4, -0.2) is 46.6 Å². The van der Waals surface area contributed by atoms with Crippen molar-refractivity contribution in [2.75, 3.05) is 12.4 Å². The molecule has 13 heteroatoms. The predicted octanol–water partition coefficient (Wildman–Crippen LogP) is 2.66. The maximum atomic E-state index is 12.4. The highest BCUT2D eigenvalue weighted by atomic mass is 32.1. The van der Waals surface area contributed by atoms with Crippen LogP contribution < -0.4 is 16.0 Å². The zero-order valence-electron chi connectivity index (χ0n) is 17.7. The summed E-state index contributed by atoms with van der Waals surface area (Å²) in [4.78, 5) is 55.8. The number of rotatable bonds is 7. The number of nitrogens with one attached hydrogen (secondary N) is 3. The average molecular weight is 480 g/mol. The van der Waals surface area contributed by atoms with Gasteiger partial charge in [-0.05, 0) is 20.8 Å². The maximum absolute atomic E-state index is 12.4. The molecule has 2 rings (SSSR count). The van der Waals surface area contributed by atoms with Gasteiger partial charge in [-0.1, -0.05) is 24.5 Å². The number of anilines is 1. The Hall–Kier alpha value is -3.58. The number of amides is 3. The van der Waals surface area contributed by atoms with Crippen LogP contribution in [0.15, 0.2) is 36.1 Å². The van der Waals surface area contributed by atoms with Crippen LogP contribution in [0.2, 0.25) is 0 Å². The minimum atomic E-state index is -0.831. The van der Waals surface area contributed by atoms with Crippen LogP contribution in [0, 0.1) is 0 Å².